The third-order valence-electron chi connectivity index (χ3n) is 7.94. The van der Waals surface area contributed by atoms with Crippen molar-refractivity contribution in [2.75, 3.05) is 13.7 Å². The first kappa shape index (κ1) is 24.6. The molecule has 1 heterocycles. The molecule has 7 nitrogen and oxygen atoms in total. The highest BCUT2D eigenvalue weighted by atomic mass is 16.5. The van der Waals surface area contributed by atoms with E-state index in [0.29, 0.717) is 12.8 Å². The van der Waals surface area contributed by atoms with Crippen LogP contribution in [0.1, 0.15) is 83.1 Å². The topological polar surface area (TPSA) is 79.0 Å². The molecule has 1 N–H and O–H groups in total. The maximum absolute atomic E-state index is 13.6. The summed E-state index contributed by atoms with van der Waals surface area (Å²) in [5.41, 5.74) is 0.0667. The van der Waals surface area contributed by atoms with Crippen LogP contribution in [0.25, 0.3) is 0 Å². The molecule has 1 saturated heterocycles. The fourth-order valence-corrected chi connectivity index (χ4v) is 5.89. The van der Waals surface area contributed by atoms with Crippen molar-refractivity contribution in [2.45, 2.75) is 102 Å². The molecule has 7 heteroatoms. The Kier molecular flexibility index (Phi) is 7.79. The van der Waals surface area contributed by atoms with Crippen LogP contribution in [0.4, 0.5) is 4.79 Å². The number of imide groups is 1. The standard InChI is InChI=1S/C27H39N3O4/c1-27(18-17-20-13-15-23(34-2)16-14-20)25(32)29(26(33)28-27)19-24(31)30(21-9-5-3-6-10-21)22-11-7-4-8-12-22/h13-16,21-22H,3-12,17-19H2,1-2H3,(H,28,33). The van der Waals surface area contributed by atoms with Gasteiger partial charge in [-0.2, -0.15) is 0 Å². The van der Waals surface area contributed by atoms with Gasteiger partial charge in [-0.1, -0.05) is 50.7 Å². The third-order valence-corrected chi connectivity index (χ3v) is 7.94. The molecule has 1 atom stereocenters. The monoisotopic (exact) mass is 469 g/mol. The summed E-state index contributed by atoms with van der Waals surface area (Å²) in [6.07, 6.45) is 12.3. The summed E-state index contributed by atoms with van der Waals surface area (Å²) in [5.74, 6) is 0.415. The van der Waals surface area contributed by atoms with Gasteiger partial charge in [-0.3, -0.25) is 14.5 Å². The van der Waals surface area contributed by atoms with Crippen molar-refractivity contribution in [3.63, 3.8) is 0 Å². The van der Waals surface area contributed by atoms with Crippen molar-refractivity contribution < 1.29 is 19.1 Å². The summed E-state index contributed by atoms with van der Waals surface area (Å²) in [7, 11) is 1.63. The van der Waals surface area contributed by atoms with Crippen LogP contribution in [0.5, 0.6) is 5.75 Å². The maximum Gasteiger partial charge on any atom is 0.325 e. The molecule has 0 spiro atoms. The van der Waals surface area contributed by atoms with E-state index in [0.717, 1.165) is 67.6 Å². The second-order valence-corrected chi connectivity index (χ2v) is 10.4. The van der Waals surface area contributed by atoms with Crippen molar-refractivity contribution in [3.05, 3.63) is 29.8 Å². The Hall–Kier alpha value is -2.57. The molecular weight excluding hydrogens is 430 g/mol. The van der Waals surface area contributed by atoms with E-state index in [1.807, 2.05) is 24.3 Å². The maximum atomic E-state index is 13.6. The Morgan fingerprint density at radius 3 is 2.09 bits per heavy atom. The first-order valence-electron chi connectivity index (χ1n) is 13.0. The van der Waals surface area contributed by atoms with Crippen LogP contribution in [0, 0.1) is 0 Å². The quantitative estimate of drug-likeness (QED) is 0.571. The zero-order valence-electron chi connectivity index (χ0n) is 20.7. The SMILES string of the molecule is COc1ccc(CCC2(C)NC(=O)N(CC(=O)N(C3CCCCC3)C3CCCCC3)C2=O)cc1. The second kappa shape index (κ2) is 10.8. The van der Waals surface area contributed by atoms with E-state index in [1.54, 1.807) is 14.0 Å². The number of carbonyl (C=O) groups is 3. The van der Waals surface area contributed by atoms with Gasteiger partial charge in [-0.15, -0.1) is 0 Å². The van der Waals surface area contributed by atoms with Crippen LogP contribution in [0.15, 0.2) is 24.3 Å². The lowest BCUT2D eigenvalue weighted by molar-refractivity contribution is -0.143. The fourth-order valence-electron chi connectivity index (χ4n) is 5.89. The van der Waals surface area contributed by atoms with Crippen molar-refractivity contribution in [1.29, 1.82) is 0 Å². The van der Waals surface area contributed by atoms with Gasteiger partial charge < -0.3 is 15.0 Å². The van der Waals surface area contributed by atoms with Crippen LogP contribution in [-0.4, -0.2) is 58.9 Å². The summed E-state index contributed by atoms with van der Waals surface area (Å²) in [6.45, 7) is 1.61. The summed E-state index contributed by atoms with van der Waals surface area (Å²) in [4.78, 5) is 42.9. The zero-order chi connectivity index (χ0) is 24.1. The average Bonchev–Trinajstić information content (AvgIpc) is 3.08. The normalized spacial score (nSPS) is 24.2. The van der Waals surface area contributed by atoms with E-state index >= 15 is 0 Å². The highest BCUT2D eigenvalue weighted by Gasteiger charge is 2.48. The number of nitrogens with zero attached hydrogens (tertiary/aromatic N) is 2. The van der Waals surface area contributed by atoms with Crippen LogP contribution in [-0.2, 0) is 16.0 Å². The van der Waals surface area contributed by atoms with E-state index in [1.165, 1.54) is 12.8 Å². The minimum absolute atomic E-state index is 0.0679. The van der Waals surface area contributed by atoms with Gasteiger partial charge in [0.25, 0.3) is 5.91 Å². The van der Waals surface area contributed by atoms with E-state index < -0.39 is 11.6 Å². The lowest BCUT2D eigenvalue weighted by Crippen LogP contribution is -2.53. The summed E-state index contributed by atoms with van der Waals surface area (Å²) in [5, 5.41) is 2.87. The minimum Gasteiger partial charge on any atom is -0.497 e. The van der Waals surface area contributed by atoms with E-state index in [2.05, 4.69) is 10.2 Å². The smallest absolute Gasteiger partial charge is 0.325 e. The number of nitrogens with one attached hydrogen (secondary N) is 1. The molecule has 2 aliphatic carbocycles. The molecule has 2 saturated carbocycles. The Bertz CT molecular complexity index is 856. The third kappa shape index (κ3) is 5.39. The molecule has 186 valence electrons. The number of benzene rings is 1. The zero-order valence-corrected chi connectivity index (χ0v) is 20.7. The lowest BCUT2D eigenvalue weighted by Gasteiger charge is -2.42. The van der Waals surface area contributed by atoms with Gasteiger partial charge in [0.05, 0.1) is 7.11 Å². The first-order valence-corrected chi connectivity index (χ1v) is 13.0. The van der Waals surface area contributed by atoms with Gasteiger partial charge >= 0.3 is 6.03 Å². The molecule has 1 unspecified atom stereocenters. The van der Waals surface area contributed by atoms with Crippen molar-refractivity contribution in [3.8, 4) is 5.75 Å². The summed E-state index contributed by atoms with van der Waals surface area (Å²) in [6, 6.07) is 7.75. The van der Waals surface area contributed by atoms with E-state index in [9.17, 15) is 14.4 Å². The predicted molar refractivity (Wildman–Crippen MR) is 131 cm³/mol. The number of hydrogen-bond donors (Lipinski definition) is 1. The Balaban J connectivity index is 1.42. The number of amides is 4. The molecule has 1 aliphatic heterocycles. The van der Waals surface area contributed by atoms with Crippen molar-refractivity contribution >= 4 is 17.8 Å². The van der Waals surface area contributed by atoms with Gasteiger partial charge in [0.15, 0.2) is 0 Å². The number of aryl methyl sites for hydroxylation is 1. The van der Waals surface area contributed by atoms with Crippen LogP contribution < -0.4 is 10.1 Å². The molecule has 1 aromatic rings. The van der Waals surface area contributed by atoms with Crippen LogP contribution >= 0.6 is 0 Å². The number of ether oxygens (including phenoxy) is 1. The molecule has 3 aliphatic rings. The summed E-state index contributed by atoms with van der Waals surface area (Å²) >= 11 is 0. The minimum atomic E-state index is -1.00. The largest absolute Gasteiger partial charge is 0.497 e. The second-order valence-electron chi connectivity index (χ2n) is 10.4. The number of urea groups is 1. The number of hydrogen-bond acceptors (Lipinski definition) is 4. The Labute approximate surface area is 203 Å². The number of rotatable bonds is 8. The molecule has 0 bridgehead atoms. The molecule has 1 aromatic carbocycles. The lowest BCUT2D eigenvalue weighted by atomic mass is 9.88. The van der Waals surface area contributed by atoms with Gasteiger partial charge in [0.1, 0.15) is 17.8 Å². The fraction of sp³-hybridized carbons (Fsp3) is 0.667. The molecule has 3 fully saturated rings. The van der Waals surface area contributed by atoms with Gasteiger partial charge in [-0.05, 0) is 63.1 Å². The van der Waals surface area contributed by atoms with E-state index in [4.69, 9.17) is 4.74 Å². The van der Waals surface area contributed by atoms with Crippen LogP contribution in [0.2, 0.25) is 0 Å². The van der Waals surface area contributed by atoms with Gasteiger partial charge in [0.2, 0.25) is 5.91 Å². The highest BCUT2D eigenvalue weighted by molar-refractivity contribution is 6.08. The first-order chi connectivity index (χ1) is 16.4. The highest BCUT2D eigenvalue weighted by Crippen LogP contribution is 2.31. The average molecular weight is 470 g/mol. The van der Waals surface area contributed by atoms with E-state index in [-0.39, 0.29) is 30.4 Å². The number of carbonyl (C=O) groups excluding carboxylic acids is 3. The van der Waals surface area contributed by atoms with Crippen LogP contribution in [0.3, 0.4) is 0 Å². The van der Waals surface area contributed by atoms with Crippen molar-refractivity contribution in [1.82, 2.24) is 15.1 Å². The Morgan fingerprint density at radius 1 is 1.00 bits per heavy atom. The van der Waals surface area contributed by atoms with Gasteiger partial charge in [-0.25, -0.2) is 4.79 Å². The number of methoxy groups -OCH3 is 1. The molecule has 4 amide bonds. The molecule has 0 aromatic heterocycles. The molecule has 4 rings (SSSR count). The van der Waals surface area contributed by atoms with Crippen molar-refractivity contribution in [2.24, 2.45) is 0 Å². The molecule has 34 heavy (non-hydrogen) atoms. The van der Waals surface area contributed by atoms with Gasteiger partial charge in [0, 0.05) is 12.1 Å². The predicted octanol–water partition coefficient (Wildman–Crippen LogP) is 4.43. The summed E-state index contributed by atoms with van der Waals surface area (Å²) < 4.78 is 5.20. The Morgan fingerprint density at radius 2 is 1.56 bits per heavy atom. The molecule has 0 radical (unpaired) electrons. The molecular formula is C27H39N3O4.